The molecule has 2 rings (SSSR count). The average Bonchev–Trinajstić information content (AvgIpc) is 2.79. The Kier molecular flexibility index (Phi) is 3.58. The van der Waals surface area contributed by atoms with Crippen molar-refractivity contribution < 1.29 is 14.1 Å². The van der Waals surface area contributed by atoms with Gasteiger partial charge in [-0.25, -0.2) is 4.79 Å². The first-order valence-electron chi connectivity index (χ1n) is 5.11. The highest BCUT2D eigenvalue weighted by Gasteiger charge is 2.15. The Bertz CT molecular complexity index is 536. The molecule has 2 aromatic rings. The van der Waals surface area contributed by atoms with Crippen LogP contribution in [0.4, 0.5) is 0 Å². The molecule has 5 heteroatoms. The van der Waals surface area contributed by atoms with Gasteiger partial charge in [-0.15, -0.1) is 0 Å². The highest BCUT2D eigenvalue weighted by molar-refractivity contribution is 9.10. The summed E-state index contributed by atoms with van der Waals surface area (Å²) in [4.78, 5) is 11.4. The highest BCUT2D eigenvalue weighted by Crippen LogP contribution is 2.27. The minimum atomic E-state index is -0.502. The highest BCUT2D eigenvalue weighted by atomic mass is 79.9. The second-order valence-electron chi connectivity index (χ2n) is 3.28. The molecule has 0 N–H and O–H groups in total. The summed E-state index contributed by atoms with van der Waals surface area (Å²) in [6, 6.07) is 9.14. The van der Waals surface area contributed by atoms with Crippen LogP contribution in [0.2, 0.25) is 0 Å². The third kappa shape index (κ3) is 2.55. The average molecular weight is 296 g/mol. The van der Waals surface area contributed by atoms with Crippen LogP contribution < -0.4 is 0 Å². The monoisotopic (exact) mass is 295 g/mol. The van der Waals surface area contributed by atoms with Crippen LogP contribution in [0, 0.1) is 0 Å². The van der Waals surface area contributed by atoms with Gasteiger partial charge in [0.2, 0.25) is 5.76 Å². The number of halogens is 1. The SMILES string of the molecule is CCOC(=O)c1cc(-c2ccccc2Br)no1. The molecule has 0 amide bonds. The Labute approximate surface area is 107 Å². The van der Waals surface area contributed by atoms with Gasteiger partial charge in [-0.05, 0) is 13.0 Å². The maximum atomic E-state index is 11.4. The molecule has 0 aliphatic rings. The topological polar surface area (TPSA) is 52.3 Å². The predicted octanol–water partition coefficient (Wildman–Crippen LogP) is 3.28. The molecular formula is C12H10BrNO3. The van der Waals surface area contributed by atoms with Gasteiger partial charge < -0.3 is 9.26 Å². The van der Waals surface area contributed by atoms with Crippen molar-refractivity contribution in [3.8, 4) is 11.3 Å². The zero-order valence-corrected chi connectivity index (χ0v) is 10.7. The fourth-order valence-corrected chi connectivity index (χ4v) is 1.86. The van der Waals surface area contributed by atoms with Gasteiger partial charge in [-0.1, -0.05) is 39.3 Å². The fourth-order valence-electron chi connectivity index (χ4n) is 1.37. The van der Waals surface area contributed by atoms with Crippen LogP contribution in [0.25, 0.3) is 11.3 Å². The van der Waals surface area contributed by atoms with Crippen molar-refractivity contribution in [3.63, 3.8) is 0 Å². The number of esters is 1. The van der Waals surface area contributed by atoms with Crippen LogP contribution in [0.5, 0.6) is 0 Å². The quantitative estimate of drug-likeness (QED) is 0.816. The lowest BCUT2D eigenvalue weighted by atomic mass is 10.1. The van der Waals surface area contributed by atoms with E-state index in [9.17, 15) is 4.79 Å². The normalized spacial score (nSPS) is 10.2. The zero-order valence-electron chi connectivity index (χ0n) is 9.14. The summed E-state index contributed by atoms with van der Waals surface area (Å²) in [7, 11) is 0. The Morgan fingerprint density at radius 1 is 1.47 bits per heavy atom. The van der Waals surface area contributed by atoms with Crippen LogP contribution in [0.1, 0.15) is 17.5 Å². The summed E-state index contributed by atoms with van der Waals surface area (Å²) in [6.45, 7) is 2.05. The second-order valence-corrected chi connectivity index (χ2v) is 4.13. The van der Waals surface area contributed by atoms with Crippen molar-refractivity contribution in [1.29, 1.82) is 0 Å². The molecule has 1 aromatic heterocycles. The van der Waals surface area contributed by atoms with Gasteiger partial charge in [0.25, 0.3) is 0 Å². The zero-order chi connectivity index (χ0) is 12.3. The molecule has 0 fully saturated rings. The minimum absolute atomic E-state index is 0.109. The number of carbonyl (C=O) groups is 1. The molecule has 0 saturated heterocycles. The van der Waals surface area contributed by atoms with Crippen LogP contribution >= 0.6 is 15.9 Å². The van der Waals surface area contributed by atoms with Crippen LogP contribution in [0.3, 0.4) is 0 Å². The molecule has 0 bridgehead atoms. The van der Waals surface area contributed by atoms with E-state index in [1.165, 1.54) is 0 Å². The molecule has 1 heterocycles. The molecule has 0 spiro atoms. The number of hydrogen-bond acceptors (Lipinski definition) is 4. The van der Waals surface area contributed by atoms with E-state index >= 15 is 0 Å². The Balaban J connectivity index is 2.30. The first-order chi connectivity index (χ1) is 8.22. The third-order valence-electron chi connectivity index (χ3n) is 2.14. The Morgan fingerprint density at radius 2 is 2.24 bits per heavy atom. The van der Waals surface area contributed by atoms with E-state index in [4.69, 9.17) is 9.26 Å². The van der Waals surface area contributed by atoms with E-state index in [2.05, 4.69) is 21.1 Å². The van der Waals surface area contributed by atoms with Gasteiger partial charge in [0, 0.05) is 16.1 Å². The summed E-state index contributed by atoms with van der Waals surface area (Å²) >= 11 is 3.41. The van der Waals surface area contributed by atoms with Gasteiger partial charge in [-0.2, -0.15) is 0 Å². The fraction of sp³-hybridized carbons (Fsp3) is 0.167. The van der Waals surface area contributed by atoms with E-state index < -0.39 is 5.97 Å². The van der Waals surface area contributed by atoms with E-state index in [1.54, 1.807) is 13.0 Å². The largest absolute Gasteiger partial charge is 0.460 e. The maximum Gasteiger partial charge on any atom is 0.377 e. The lowest BCUT2D eigenvalue weighted by Crippen LogP contribution is -2.02. The molecule has 1 aromatic carbocycles. The minimum Gasteiger partial charge on any atom is -0.460 e. The van der Waals surface area contributed by atoms with E-state index in [-0.39, 0.29) is 5.76 Å². The molecule has 0 atom stereocenters. The van der Waals surface area contributed by atoms with Crippen molar-refractivity contribution in [2.24, 2.45) is 0 Å². The van der Waals surface area contributed by atoms with Gasteiger partial charge >= 0.3 is 5.97 Å². The van der Waals surface area contributed by atoms with Crippen molar-refractivity contribution >= 4 is 21.9 Å². The number of aromatic nitrogens is 1. The number of benzene rings is 1. The summed E-state index contributed by atoms with van der Waals surface area (Å²) in [5.74, 6) is -0.393. The third-order valence-corrected chi connectivity index (χ3v) is 2.83. The summed E-state index contributed by atoms with van der Waals surface area (Å²) in [5.41, 5.74) is 1.47. The molecule has 88 valence electrons. The van der Waals surface area contributed by atoms with Crippen LogP contribution in [0.15, 0.2) is 39.3 Å². The summed E-state index contributed by atoms with van der Waals surface area (Å²) in [5, 5.41) is 3.84. The molecule has 0 aliphatic carbocycles. The molecular weight excluding hydrogens is 286 g/mol. The Hall–Kier alpha value is -1.62. The molecule has 0 unspecified atom stereocenters. The van der Waals surface area contributed by atoms with Crippen molar-refractivity contribution in [1.82, 2.24) is 5.16 Å². The van der Waals surface area contributed by atoms with Gasteiger partial charge in [0.1, 0.15) is 5.69 Å². The lowest BCUT2D eigenvalue weighted by molar-refractivity contribution is 0.0480. The molecule has 0 aliphatic heterocycles. The number of carbonyl (C=O) groups excluding carboxylic acids is 1. The number of ether oxygens (including phenoxy) is 1. The van der Waals surface area contributed by atoms with Crippen molar-refractivity contribution in [2.45, 2.75) is 6.92 Å². The number of rotatable bonds is 3. The van der Waals surface area contributed by atoms with Gasteiger partial charge in [0.05, 0.1) is 6.61 Å². The summed E-state index contributed by atoms with van der Waals surface area (Å²) in [6.07, 6.45) is 0. The number of nitrogens with zero attached hydrogens (tertiary/aromatic N) is 1. The smallest absolute Gasteiger partial charge is 0.377 e. The van der Waals surface area contributed by atoms with Crippen molar-refractivity contribution in [2.75, 3.05) is 6.61 Å². The molecule has 17 heavy (non-hydrogen) atoms. The lowest BCUT2D eigenvalue weighted by Gasteiger charge is -1.97. The van der Waals surface area contributed by atoms with E-state index in [1.807, 2.05) is 24.3 Å². The first-order valence-corrected chi connectivity index (χ1v) is 5.90. The van der Waals surface area contributed by atoms with Crippen molar-refractivity contribution in [3.05, 3.63) is 40.6 Å². The van der Waals surface area contributed by atoms with Gasteiger partial charge in [-0.3, -0.25) is 0 Å². The van der Waals surface area contributed by atoms with E-state index in [0.717, 1.165) is 10.0 Å². The Morgan fingerprint density at radius 3 is 2.94 bits per heavy atom. The molecule has 0 saturated carbocycles. The molecule has 4 nitrogen and oxygen atoms in total. The van der Waals surface area contributed by atoms with Crippen LogP contribution in [-0.4, -0.2) is 17.7 Å². The first kappa shape index (κ1) is 11.9. The predicted molar refractivity (Wildman–Crippen MR) is 65.6 cm³/mol. The second kappa shape index (κ2) is 5.14. The maximum absolute atomic E-state index is 11.4. The number of hydrogen-bond donors (Lipinski definition) is 0. The molecule has 0 radical (unpaired) electrons. The van der Waals surface area contributed by atoms with E-state index in [0.29, 0.717) is 12.3 Å². The summed E-state index contributed by atoms with van der Waals surface area (Å²) < 4.78 is 10.7. The van der Waals surface area contributed by atoms with Gasteiger partial charge in [0.15, 0.2) is 0 Å². The van der Waals surface area contributed by atoms with Crippen LogP contribution in [-0.2, 0) is 4.74 Å². The standard InChI is InChI=1S/C12H10BrNO3/c1-2-16-12(15)11-7-10(14-17-11)8-5-3-4-6-9(8)13/h3-7H,2H2,1H3.